The second-order valence-electron chi connectivity index (χ2n) is 5.71. The molecule has 0 aromatic carbocycles. The minimum atomic E-state index is -4.10. The fourth-order valence-corrected chi connectivity index (χ4v) is 3.84. The van der Waals surface area contributed by atoms with Crippen molar-refractivity contribution in [2.45, 2.75) is 47.7 Å². The first-order valence-electron chi connectivity index (χ1n) is 5.01. The van der Waals surface area contributed by atoms with Gasteiger partial charge in [0.25, 0.3) is 0 Å². The third-order valence-corrected chi connectivity index (χ3v) is 4.78. The van der Waals surface area contributed by atoms with Crippen LogP contribution in [0.15, 0.2) is 0 Å². The van der Waals surface area contributed by atoms with E-state index in [9.17, 15) is 13.2 Å². The van der Waals surface area contributed by atoms with Crippen molar-refractivity contribution < 1.29 is 13.2 Å². The molecule has 1 saturated carbocycles. The second-order valence-corrected chi connectivity index (χ2v) is 5.71. The Balaban J connectivity index is 3.27. The van der Waals surface area contributed by atoms with Crippen molar-refractivity contribution in [2.24, 2.45) is 22.2 Å². The van der Waals surface area contributed by atoms with Crippen LogP contribution >= 0.6 is 0 Å². The fourth-order valence-electron chi connectivity index (χ4n) is 3.84. The molecule has 1 aliphatic carbocycles. The van der Waals surface area contributed by atoms with Gasteiger partial charge in [-0.25, -0.2) is 0 Å². The van der Waals surface area contributed by atoms with Gasteiger partial charge in [-0.05, 0) is 16.7 Å². The molecule has 0 aromatic rings. The van der Waals surface area contributed by atoms with Crippen LogP contribution in [0, 0.1) is 22.2 Å². The Kier molecular flexibility index (Phi) is 2.10. The zero-order valence-electron chi connectivity index (χ0n) is 9.71. The van der Waals surface area contributed by atoms with Gasteiger partial charge in [-0.1, -0.05) is 41.5 Å². The molecular formula is C11H19F3. The first kappa shape index (κ1) is 11.9. The van der Waals surface area contributed by atoms with Gasteiger partial charge in [-0.15, -0.1) is 0 Å². The SMILES string of the molecule is CC(C)C1(C(F)(F)F)C(C)(C)C1(C)C. The molecule has 0 spiro atoms. The van der Waals surface area contributed by atoms with Gasteiger partial charge in [0.15, 0.2) is 0 Å². The Morgan fingerprint density at radius 3 is 1.14 bits per heavy atom. The molecule has 3 heteroatoms. The average Bonchev–Trinajstić information content (AvgIpc) is 2.16. The minimum absolute atomic E-state index is 0.368. The van der Waals surface area contributed by atoms with E-state index in [2.05, 4.69) is 0 Å². The van der Waals surface area contributed by atoms with Crippen molar-refractivity contribution in [1.29, 1.82) is 0 Å². The molecule has 0 aliphatic heterocycles. The molecule has 0 atom stereocenters. The number of hydrogen-bond acceptors (Lipinski definition) is 0. The largest absolute Gasteiger partial charge is 0.395 e. The molecule has 0 bridgehead atoms. The summed E-state index contributed by atoms with van der Waals surface area (Å²) in [5.74, 6) is -0.368. The summed E-state index contributed by atoms with van der Waals surface area (Å²) < 4.78 is 39.4. The third-order valence-electron chi connectivity index (χ3n) is 4.78. The highest BCUT2D eigenvalue weighted by molar-refractivity contribution is 5.27. The summed E-state index contributed by atoms with van der Waals surface area (Å²) in [5, 5.41) is 0. The molecule has 0 nitrogen and oxygen atoms in total. The topological polar surface area (TPSA) is 0 Å². The van der Waals surface area contributed by atoms with Crippen molar-refractivity contribution in [1.82, 2.24) is 0 Å². The van der Waals surface area contributed by atoms with E-state index < -0.39 is 22.4 Å². The molecule has 0 unspecified atom stereocenters. The van der Waals surface area contributed by atoms with Crippen LogP contribution in [0.2, 0.25) is 0 Å². The molecular weight excluding hydrogens is 189 g/mol. The fraction of sp³-hybridized carbons (Fsp3) is 1.00. The molecule has 1 rings (SSSR count). The van der Waals surface area contributed by atoms with Crippen LogP contribution in [0.5, 0.6) is 0 Å². The van der Waals surface area contributed by atoms with Crippen molar-refractivity contribution in [2.75, 3.05) is 0 Å². The lowest BCUT2D eigenvalue weighted by molar-refractivity contribution is -0.218. The summed E-state index contributed by atoms with van der Waals surface area (Å²) in [6.07, 6.45) is -4.10. The molecule has 0 amide bonds. The van der Waals surface area contributed by atoms with Gasteiger partial charge >= 0.3 is 6.18 Å². The van der Waals surface area contributed by atoms with Crippen molar-refractivity contribution in [3.8, 4) is 0 Å². The molecule has 1 aliphatic rings. The van der Waals surface area contributed by atoms with E-state index in [0.717, 1.165) is 0 Å². The molecule has 14 heavy (non-hydrogen) atoms. The van der Waals surface area contributed by atoms with Crippen LogP contribution in [-0.2, 0) is 0 Å². The maximum Gasteiger partial charge on any atom is 0.395 e. The van der Waals surface area contributed by atoms with Crippen LogP contribution in [0.4, 0.5) is 13.2 Å². The Bertz CT molecular complexity index is 232. The summed E-state index contributed by atoms with van der Waals surface area (Å²) in [6.45, 7) is 10.2. The van der Waals surface area contributed by atoms with E-state index in [4.69, 9.17) is 0 Å². The molecule has 84 valence electrons. The van der Waals surface area contributed by atoms with Gasteiger partial charge in [0.2, 0.25) is 0 Å². The lowest BCUT2D eigenvalue weighted by Crippen LogP contribution is -2.36. The van der Waals surface area contributed by atoms with Crippen LogP contribution in [-0.4, -0.2) is 6.18 Å². The number of hydrogen-bond donors (Lipinski definition) is 0. The quantitative estimate of drug-likeness (QED) is 0.604. The van der Waals surface area contributed by atoms with Gasteiger partial charge in [0.1, 0.15) is 0 Å². The Labute approximate surface area is 83.9 Å². The van der Waals surface area contributed by atoms with E-state index in [-0.39, 0.29) is 5.92 Å². The monoisotopic (exact) mass is 208 g/mol. The zero-order chi connectivity index (χ0) is 11.6. The second kappa shape index (κ2) is 2.48. The van der Waals surface area contributed by atoms with Crippen molar-refractivity contribution in [3.63, 3.8) is 0 Å². The maximum absolute atomic E-state index is 13.1. The lowest BCUT2D eigenvalue weighted by atomic mass is 9.82. The first-order valence-corrected chi connectivity index (χ1v) is 5.01. The first-order chi connectivity index (χ1) is 5.94. The van der Waals surface area contributed by atoms with Gasteiger partial charge in [0, 0.05) is 0 Å². The van der Waals surface area contributed by atoms with E-state index in [1.54, 1.807) is 41.5 Å². The molecule has 0 aromatic heterocycles. The van der Waals surface area contributed by atoms with Crippen LogP contribution in [0.3, 0.4) is 0 Å². The highest BCUT2D eigenvalue weighted by Crippen LogP contribution is 2.85. The van der Waals surface area contributed by atoms with Gasteiger partial charge in [0.05, 0.1) is 5.41 Å². The lowest BCUT2D eigenvalue weighted by Gasteiger charge is -2.29. The normalized spacial score (nSPS) is 27.9. The summed E-state index contributed by atoms with van der Waals surface area (Å²) in [5.41, 5.74) is -2.84. The molecule has 1 fully saturated rings. The van der Waals surface area contributed by atoms with Gasteiger partial charge in [-0.2, -0.15) is 13.2 Å². The maximum atomic E-state index is 13.1. The number of alkyl halides is 3. The smallest absolute Gasteiger partial charge is 0.170 e. The van der Waals surface area contributed by atoms with E-state index >= 15 is 0 Å². The molecule has 0 saturated heterocycles. The summed E-state index contributed by atoms with van der Waals surface area (Å²) in [7, 11) is 0. The average molecular weight is 208 g/mol. The van der Waals surface area contributed by atoms with Crippen LogP contribution < -0.4 is 0 Å². The predicted octanol–water partition coefficient (Wildman–Crippen LogP) is 4.26. The standard InChI is InChI=1S/C11H19F3/c1-7(2)10(11(12,13)14)8(3,4)9(10,5)6/h7H,1-6H3. The van der Waals surface area contributed by atoms with E-state index in [1.165, 1.54) is 0 Å². The number of halogens is 3. The third kappa shape index (κ3) is 0.867. The van der Waals surface area contributed by atoms with E-state index in [0.29, 0.717) is 0 Å². The summed E-state index contributed by atoms with van der Waals surface area (Å²) in [6, 6.07) is 0. The highest BCUT2D eigenvalue weighted by Gasteiger charge is 2.88. The number of rotatable bonds is 1. The molecule has 0 radical (unpaired) electrons. The van der Waals surface area contributed by atoms with Gasteiger partial charge in [-0.3, -0.25) is 0 Å². The summed E-state index contributed by atoms with van der Waals surface area (Å²) in [4.78, 5) is 0. The van der Waals surface area contributed by atoms with Gasteiger partial charge < -0.3 is 0 Å². The molecule has 0 heterocycles. The summed E-state index contributed by atoms with van der Waals surface area (Å²) >= 11 is 0. The predicted molar refractivity (Wildman–Crippen MR) is 50.9 cm³/mol. The Morgan fingerprint density at radius 1 is 0.857 bits per heavy atom. The van der Waals surface area contributed by atoms with Crippen LogP contribution in [0.25, 0.3) is 0 Å². The Morgan fingerprint density at radius 2 is 1.14 bits per heavy atom. The van der Waals surface area contributed by atoms with Crippen molar-refractivity contribution >= 4 is 0 Å². The molecule has 0 N–H and O–H groups in total. The van der Waals surface area contributed by atoms with Crippen molar-refractivity contribution in [3.05, 3.63) is 0 Å². The van der Waals surface area contributed by atoms with Crippen LogP contribution in [0.1, 0.15) is 41.5 Å². The Hall–Kier alpha value is -0.210. The minimum Gasteiger partial charge on any atom is -0.170 e. The highest BCUT2D eigenvalue weighted by atomic mass is 19.4. The van der Waals surface area contributed by atoms with E-state index in [1.807, 2.05) is 0 Å². The zero-order valence-corrected chi connectivity index (χ0v) is 9.71.